The van der Waals surface area contributed by atoms with Gasteiger partial charge in [-0.15, -0.1) is 0 Å². The summed E-state index contributed by atoms with van der Waals surface area (Å²) < 4.78 is 99.9. The van der Waals surface area contributed by atoms with Crippen LogP contribution in [-0.4, -0.2) is 70.4 Å². The minimum Gasteiger partial charge on any atom is -0.370 e. The van der Waals surface area contributed by atoms with E-state index in [1.165, 1.54) is 0 Å². The molecule has 0 radical (unpaired) electrons. The molecule has 20 heteroatoms. The Hall–Kier alpha value is -5.50. The highest BCUT2D eigenvalue weighted by Crippen LogP contribution is 2.50. The van der Waals surface area contributed by atoms with Crippen molar-refractivity contribution in [2.24, 2.45) is 11.3 Å². The Labute approximate surface area is 477 Å². The molecule has 7 aromatic carbocycles. The highest BCUT2D eigenvalue weighted by atomic mass is 28.6. The first-order valence-corrected chi connectivity index (χ1v) is 40.7. The molecule has 0 amide bonds. The van der Waals surface area contributed by atoms with Crippen LogP contribution in [0.5, 0.6) is 0 Å². The maximum atomic E-state index is 8.36. The molecule has 6 saturated heterocycles. The summed E-state index contributed by atoms with van der Waals surface area (Å²) in [6.45, 7) is 29.4. The lowest BCUT2D eigenvalue weighted by Gasteiger charge is -2.63. The standard InChI is InChI=1S/C60H62O12Si8/c1-10-48-25-35-55(36-26-48)75-62-73(46-47(6)45-60(7,8)9)61-74(53-21-17-15-18-22-53)64-77(66-75,54-23-19-16-20-24-54)70-80(59-43-33-52(14-5)34-44-59)71-78(65-74,57-39-29-50(12-3)30-40-57)68-76(63-73,56-37-27-49(11-2)28-38-56)69-79(67-75,72-80)58-41-31-51(13-4)32-42-58/h10-44,47H,1-5,45-46H2,6-9H3. The normalized spacial score (nSPS) is 30.9. The van der Waals surface area contributed by atoms with E-state index in [2.05, 4.69) is 60.6 Å². The Morgan fingerprint density at radius 3 is 0.713 bits per heavy atom. The van der Waals surface area contributed by atoms with Crippen molar-refractivity contribution < 1.29 is 49.4 Å². The third-order valence-electron chi connectivity index (χ3n) is 14.6. The Kier molecular flexibility index (Phi) is 14.3. The summed E-state index contributed by atoms with van der Waals surface area (Å²) in [5.74, 6) is -0.117. The third kappa shape index (κ3) is 9.80. The van der Waals surface area contributed by atoms with Crippen molar-refractivity contribution in [1.82, 2.24) is 0 Å². The summed E-state index contributed by atoms with van der Waals surface area (Å²) in [6.07, 6.45) is 9.64. The predicted molar refractivity (Wildman–Crippen MR) is 330 cm³/mol. The van der Waals surface area contributed by atoms with Gasteiger partial charge in [-0.25, -0.2) is 0 Å². The molecule has 0 saturated carbocycles. The smallest absolute Gasteiger partial charge is 0.370 e. The minimum absolute atomic E-state index is 0.117. The first-order valence-electron chi connectivity index (χ1n) is 26.7. The number of rotatable bonds is 15. The van der Waals surface area contributed by atoms with E-state index < -0.39 is 70.4 Å². The molecule has 80 heavy (non-hydrogen) atoms. The van der Waals surface area contributed by atoms with Crippen molar-refractivity contribution in [3.8, 4) is 0 Å². The molecule has 0 aliphatic carbocycles. The van der Waals surface area contributed by atoms with E-state index in [0.717, 1.165) is 34.2 Å². The van der Waals surface area contributed by atoms with Crippen LogP contribution in [0.25, 0.3) is 30.4 Å². The van der Waals surface area contributed by atoms with Gasteiger partial charge in [0.15, 0.2) is 0 Å². The highest BCUT2D eigenvalue weighted by molar-refractivity contribution is 7.13. The van der Waals surface area contributed by atoms with E-state index in [1.54, 1.807) is 30.4 Å². The fourth-order valence-corrected chi connectivity index (χ4v) is 57.6. The van der Waals surface area contributed by atoms with E-state index in [9.17, 15) is 0 Å². The summed E-state index contributed by atoms with van der Waals surface area (Å²) in [6, 6.07) is 58.4. The predicted octanol–water partition coefficient (Wildman–Crippen LogP) is 8.40. The average molecular weight is 1200 g/mol. The lowest BCUT2D eigenvalue weighted by molar-refractivity contribution is -0.00762. The molecule has 8 bridgehead atoms. The molecular weight excluding hydrogens is 1140 g/mol. The monoisotopic (exact) mass is 1200 g/mol. The molecule has 6 aliphatic heterocycles. The topological polar surface area (TPSA) is 111 Å². The van der Waals surface area contributed by atoms with E-state index in [0.29, 0.717) is 36.3 Å². The lowest BCUT2D eigenvalue weighted by Crippen LogP contribution is -2.95. The van der Waals surface area contributed by atoms with Crippen LogP contribution in [0.1, 0.15) is 61.9 Å². The molecule has 9 unspecified atom stereocenters. The molecule has 0 aromatic heterocycles. The van der Waals surface area contributed by atoms with Gasteiger partial charge in [-0.05, 0) is 45.6 Å². The van der Waals surface area contributed by atoms with Crippen molar-refractivity contribution in [3.05, 3.63) is 243 Å². The fraction of sp³-hybridized carbons (Fsp3) is 0.133. The first-order chi connectivity index (χ1) is 38.5. The molecule has 0 N–H and O–H groups in total. The van der Waals surface area contributed by atoms with Crippen molar-refractivity contribution in [2.45, 2.75) is 40.2 Å². The van der Waals surface area contributed by atoms with Gasteiger partial charge in [0.1, 0.15) is 0 Å². The zero-order valence-corrected chi connectivity index (χ0v) is 53.1. The van der Waals surface area contributed by atoms with E-state index in [1.807, 2.05) is 182 Å². The Morgan fingerprint density at radius 1 is 0.312 bits per heavy atom. The Balaban J connectivity index is 1.30. The van der Waals surface area contributed by atoms with Gasteiger partial charge in [0, 0.05) is 42.4 Å². The zero-order chi connectivity index (χ0) is 55.7. The second-order valence-corrected chi connectivity index (χ2v) is 45.1. The van der Waals surface area contributed by atoms with E-state index >= 15 is 0 Å². The highest BCUT2D eigenvalue weighted by Gasteiger charge is 2.86. The summed E-state index contributed by atoms with van der Waals surface area (Å²) in [4.78, 5) is 0. The van der Waals surface area contributed by atoms with Crippen LogP contribution in [-0.2, 0) is 49.4 Å². The fourth-order valence-electron chi connectivity index (χ4n) is 11.0. The molecule has 7 aromatic rings. The minimum atomic E-state index is -4.93. The van der Waals surface area contributed by atoms with Crippen LogP contribution in [0.2, 0.25) is 6.04 Å². The summed E-state index contributed by atoms with van der Waals surface area (Å²) in [5.41, 5.74) is 4.10. The van der Waals surface area contributed by atoms with E-state index in [-0.39, 0.29) is 17.4 Å². The summed E-state index contributed by atoms with van der Waals surface area (Å²) in [5, 5.41) is 3.77. The van der Waals surface area contributed by atoms with Gasteiger partial charge in [-0.1, -0.05) is 273 Å². The maximum Gasteiger partial charge on any atom is 0.515 e. The summed E-state index contributed by atoms with van der Waals surface area (Å²) >= 11 is 0. The SMILES string of the molecule is C=Cc1ccc([Si]23O[Si]4(CC(C)CC(C)(C)C)O[Si]5(c6ccccc6)O[Si](c6ccccc6)(O2)O[Si]2(c6ccc(C=C)cc6)O[Si](c6ccc(C=C)cc6)(O5)O[Si](c5ccc(C=C)cc5)(O4)O[Si](c4ccc(C=C)cc4)(O3)O2)cc1. The largest absolute Gasteiger partial charge is 0.515 e. The van der Waals surface area contributed by atoms with Crippen LogP contribution in [0.4, 0.5) is 0 Å². The van der Waals surface area contributed by atoms with Gasteiger partial charge >= 0.3 is 70.4 Å². The van der Waals surface area contributed by atoms with Crippen molar-refractivity contribution >= 4 is 137 Å². The molecular formula is C60H62O12Si8. The van der Waals surface area contributed by atoms with Crippen LogP contribution >= 0.6 is 0 Å². The Morgan fingerprint density at radius 2 is 0.512 bits per heavy atom. The third-order valence-corrected chi connectivity index (χ3v) is 49.4. The zero-order valence-electron chi connectivity index (χ0n) is 45.1. The molecule has 406 valence electrons. The van der Waals surface area contributed by atoms with Crippen molar-refractivity contribution in [3.63, 3.8) is 0 Å². The number of benzene rings is 7. The van der Waals surface area contributed by atoms with Crippen molar-refractivity contribution in [1.29, 1.82) is 0 Å². The van der Waals surface area contributed by atoms with Crippen LogP contribution in [0.15, 0.2) is 215 Å². The molecule has 9 atom stereocenters. The van der Waals surface area contributed by atoms with Gasteiger partial charge in [-0.3, -0.25) is 0 Å². The van der Waals surface area contributed by atoms with Crippen LogP contribution in [0.3, 0.4) is 0 Å². The maximum absolute atomic E-state index is 8.36. The second-order valence-electron chi connectivity index (χ2n) is 21.7. The molecule has 12 nitrogen and oxygen atoms in total. The van der Waals surface area contributed by atoms with Gasteiger partial charge in [0.05, 0.1) is 0 Å². The van der Waals surface area contributed by atoms with Crippen LogP contribution in [0, 0.1) is 11.3 Å². The van der Waals surface area contributed by atoms with Crippen molar-refractivity contribution in [2.75, 3.05) is 0 Å². The van der Waals surface area contributed by atoms with E-state index in [4.69, 9.17) is 49.4 Å². The molecule has 6 heterocycles. The second kappa shape index (κ2) is 20.7. The molecule has 0 spiro atoms. The van der Waals surface area contributed by atoms with Gasteiger partial charge in [0.2, 0.25) is 0 Å². The van der Waals surface area contributed by atoms with Gasteiger partial charge in [-0.2, -0.15) is 0 Å². The molecule has 6 aliphatic rings. The quantitative estimate of drug-likeness (QED) is 0.0921. The van der Waals surface area contributed by atoms with Gasteiger partial charge in [0.25, 0.3) is 0 Å². The number of hydrogen-bond donors (Lipinski definition) is 0. The van der Waals surface area contributed by atoms with Gasteiger partial charge < -0.3 is 49.4 Å². The lowest BCUT2D eigenvalue weighted by atomic mass is 9.86. The van der Waals surface area contributed by atoms with Crippen LogP contribution < -0.4 is 36.3 Å². The summed E-state index contributed by atoms with van der Waals surface area (Å²) in [7, 11) is -38.9. The average Bonchev–Trinajstić information content (AvgIpc) is 3.60. The Bertz CT molecular complexity index is 3490. The number of hydrogen-bond acceptors (Lipinski definition) is 12. The molecule has 13 rings (SSSR count). The first kappa shape index (κ1) is 55.1. The molecule has 6 fully saturated rings.